The molecule has 5 rings (SSSR count). The van der Waals surface area contributed by atoms with Gasteiger partial charge in [0.05, 0.1) is 16.4 Å². The van der Waals surface area contributed by atoms with Crippen molar-refractivity contribution in [1.29, 1.82) is 0 Å². The van der Waals surface area contributed by atoms with E-state index in [9.17, 15) is 14.4 Å². The van der Waals surface area contributed by atoms with Crippen LogP contribution in [-0.4, -0.2) is 29.4 Å². The summed E-state index contributed by atoms with van der Waals surface area (Å²) in [5.41, 5.74) is 1.38. The Kier molecular flexibility index (Phi) is 4.64. The fraction of sp³-hybridized carbons (Fsp3) is 0.0833. The van der Waals surface area contributed by atoms with Gasteiger partial charge in [0.25, 0.3) is 5.91 Å². The van der Waals surface area contributed by atoms with Crippen LogP contribution in [-0.2, 0) is 9.59 Å². The van der Waals surface area contributed by atoms with Crippen molar-refractivity contribution < 1.29 is 14.4 Å². The molecule has 0 unspecified atom stereocenters. The summed E-state index contributed by atoms with van der Waals surface area (Å²) in [6.07, 6.45) is 0. The predicted octanol–water partition coefficient (Wildman–Crippen LogP) is 3.96. The Morgan fingerprint density at radius 1 is 0.806 bits per heavy atom. The third-order valence-corrected chi connectivity index (χ3v) is 5.75. The molecule has 2 aliphatic rings. The largest absolute Gasteiger partial charge is 0.287 e. The average molecular weight is 430 g/mol. The molecule has 1 fully saturated rings. The third kappa shape index (κ3) is 3.04. The van der Waals surface area contributed by atoms with E-state index in [-0.39, 0.29) is 16.5 Å². The minimum atomic E-state index is -1.02. The molecule has 7 heteroatoms. The molecule has 2 aliphatic heterocycles. The second-order valence-corrected chi connectivity index (χ2v) is 7.65. The van der Waals surface area contributed by atoms with Gasteiger partial charge >= 0.3 is 0 Å². The van der Waals surface area contributed by atoms with E-state index in [2.05, 4.69) is 5.10 Å². The number of carbonyl (C=O) groups is 3. The molecule has 6 nitrogen and oxygen atoms in total. The first kappa shape index (κ1) is 19.2. The van der Waals surface area contributed by atoms with E-state index in [4.69, 9.17) is 11.6 Å². The summed E-state index contributed by atoms with van der Waals surface area (Å²) in [5.74, 6) is -2.37. The fourth-order valence-electron chi connectivity index (χ4n) is 4.00. The maximum atomic E-state index is 13.5. The van der Waals surface area contributed by atoms with E-state index in [1.165, 1.54) is 5.01 Å². The lowest BCUT2D eigenvalue weighted by Crippen LogP contribution is -2.39. The zero-order valence-electron chi connectivity index (χ0n) is 16.2. The first-order valence-electron chi connectivity index (χ1n) is 9.73. The molecular weight excluding hydrogens is 414 g/mol. The molecule has 2 atom stereocenters. The van der Waals surface area contributed by atoms with Gasteiger partial charge in [-0.15, -0.1) is 0 Å². The van der Waals surface area contributed by atoms with Crippen molar-refractivity contribution in [3.8, 4) is 0 Å². The molecule has 1 saturated heterocycles. The molecule has 152 valence electrons. The van der Waals surface area contributed by atoms with Crippen molar-refractivity contribution in [2.75, 3.05) is 9.91 Å². The van der Waals surface area contributed by atoms with Gasteiger partial charge in [-0.3, -0.25) is 19.4 Å². The summed E-state index contributed by atoms with van der Waals surface area (Å²) >= 11 is 6.28. The lowest BCUT2D eigenvalue weighted by atomic mass is 9.92. The topological polar surface area (TPSA) is 70.1 Å². The van der Waals surface area contributed by atoms with Crippen LogP contribution in [0.4, 0.5) is 11.4 Å². The van der Waals surface area contributed by atoms with Gasteiger partial charge in [0.1, 0.15) is 17.7 Å². The maximum absolute atomic E-state index is 13.5. The van der Waals surface area contributed by atoms with E-state index in [1.54, 1.807) is 66.7 Å². The van der Waals surface area contributed by atoms with Crippen LogP contribution in [0.2, 0.25) is 5.02 Å². The van der Waals surface area contributed by atoms with Crippen LogP contribution in [0.25, 0.3) is 0 Å². The van der Waals surface area contributed by atoms with Crippen LogP contribution in [0.5, 0.6) is 0 Å². The van der Waals surface area contributed by atoms with Crippen molar-refractivity contribution in [2.45, 2.75) is 6.04 Å². The first-order valence-corrected chi connectivity index (χ1v) is 10.1. The summed E-state index contributed by atoms with van der Waals surface area (Å²) < 4.78 is 0. The Balaban J connectivity index is 1.63. The number of imide groups is 1. The number of nitrogens with zero attached hydrogens (tertiary/aromatic N) is 3. The normalized spacial score (nSPS) is 20.1. The Morgan fingerprint density at radius 3 is 2.10 bits per heavy atom. The molecule has 2 amide bonds. The monoisotopic (exact) mass is 429 g/mol. The standard InChI is InChI=1S/C24H16ClN3O3/c25-17-13-7-8-14-18(17)27-23(30)19-20(22(29)15-9-3-1-4-10-15)26-28(21(19)24(27)31)16-11-5-2-6-12-16/h1-14,19,21H/t19-,21-/m1/s1. The zero-order chi connectivity index (χ0) is 21.5. The number of halogens is 1. The molecule has 3 aromatic carbocycles. The number of ketones is 1. The quantitative estimate of drug-likeness (QED) is 0.465. The minimum absolute atomic E-state index is 0.0490. The summed E-state index contributed by atoms with van der Waals surface area (Å²) in [7, 11) is 0. The van der Waals surface area contributed by atoms with Gasteiger partial charge in [0, 0.05) is 5.56 Å². The van der Waals surface area contributed by atoms with Gasteiger partial charge in [-0.1, -0.05) is 72.3 Å². The molecule has 31 heavy (non-hydrogen) atoms. The Hall–Kier alpha value is -3.77. The highest BCUT2D eigenvalue weighted by atomic mass is 35.5. The summed E-state index contributed by atoms with van der Waals surface area (Å²) in [4.78, 5) is 41.3. The fourth-order valence-corrected chi connectivity index (χ4v) is 4.22. The number of hydrazone groups is 1. The highest BCUT2D eigenvalue weighted by Gasteiger charge is 2.58. The highest BCUT2D eigenvalue weighted by Crippen LogP contribution is 2.40. The second-order valence-electron chi connectivity index (χ2n) is 7.25. The Morgan fingerprint density at radius 2 is 1.42 bits per heavy atom. The van der Waals surface area contributed by atoms with Crippen molar-refractivity contribution >= 4 is 46.3 Å². The maximum Gasteiger partial charge on any atom is 0.259 e. The number of Topliss-reactive ketones (excluding diaryl/α,β-unsaturated/α-hetero) is 1. The lowest BCUT2D eigenvalue weighted by molar-refractivity contribution is -0.121. The number of fused-ring (bicyclic) bond motifs is 1. The smallest absolute Gasteiger partial charge is 0.259 e. The molecular formula is C24H16ClN3O3. The third-order valence-electron chi connectivity index (χ3n) is 5.43. The molecule has 0 bridgehead atoms. The van der Waals surface area contributed by atoms with Crippen molar-refractivity contribution in [3.63, 3.8) is 0 Å². The van der Waals surface area contributed by atoms with E-state index < -0.39 is 23.8 Å². The van der Waals surface area contributed by atoms with E-state index in [1.807, 2.05) is 18.2 Å². The molecule has 0 saturated carbocycles. The van der Waals surface area contributed by atoms with Gasteiger partial charge in [-0.25, -0.2) is 4.90 Å². The van der Waals surface area contributed by atoms with Gasteiger partial charge in [0.2, 0.25) is 11.7 Å². The number of benzene rings is 3. The number of para-hydroxylation sites is 2. The van der Waals surface area contributed by atoms with E-state index >= 15 is 0 Å². The highest BCUT2D eigenvalue weighted by molar-refractivity contribution is 6.53. The number of rotatable bonds is 4. The van der Waals surface area contributed by atoms with Crippen LogP contribution >= 0.6 is 11.6 Å². The van der Waals surface area contributed by atoms with Gasteiger partial charge in [-0.05, 0) is 24.3 Å². The van der Waals surface area contributed by atoms with Crippen molar-refractivity contribution in [3.05, 3.63) is 95.5 Å². The molecule has 0 aliphatic carbocycles. The number of hydrogen-bond donors (Lipinski definition) is 0. The summed E-state index contributed by atoms with van der Waals surface area (Å²) in [6, 6.07) is 23.3. The van der Waals surface area contributed by atoms with E-state index in [0.29, 0.717) is 16.9 Å². The summed E-state index contributed by atoms with van der Waals surface area (Å²) in [5, 5.41) is 6.22. The van der Waals surface area contributed by atoms with Crippen LogP contribution in [0.3, 0.4) is 0 Å². The van der Waals surface area contributed by atoms with Crippen LogP contribution in [0, 0.1) is 5.92 Å². The number of carbonyl (C=O) groups excluding carboxylic acids is 3. The number of amides is 2. The lowest BCUT2D eigenvalue weighted by Gasteiger charge is -2.22. The minimum Gasteiger partial charge on any atom is -0.287 e. The molecule has 0 spiro atoms. The Labute approximate surface area is 183 Å². The molecule has 2 heterocycles. The van der Waals surface area contributed by atoms with E-state index in [0.717, 1.165) is 4.90 Å². The average Bonchev–Trinajstić information content (AvgIpc) is 3.32. The van der Waals surface area contributed by atoms with Crippen LogP contribution in [0.1, 0.15) is 10.4 Å². The molecule has 0 aromatic heterocycles. The number of hydrogen-bond acceptors (Lipinski definition) is 5. The van der Waals surface area contributed by atoms with Gasteiger partial charge in [0.15, 0.2) is 0 Å². The molecule has 3 aromatic rings. The number of anilines is 2. The zero-order valence-corrected chi connectivity index (χ0v) is 16.9. The molecule has 0 N–H and O–H groups in total. The predicted molar refractivity (Wildman–Crippen MR) is 118 cm³/mol. The van der Waals surface area contributed by atoms with Crippen LogP contribution < -0.4 is 9.91 Å². The molecule has 0 radical (unpaired) electrons. The summed E-state index contributed by atoms with van der Waals surface area (Å²) in [6.45, 7) is 0. The first-order chi connectivity index (χ1) is 15.1. The van der Waals surface area contributed by atoms with Gasteiger partial charge in [-0.2, -0.15) is 5.10 Å². The SMILES string of the molecule is O=C(C1=NN(c2ccccc2)[C@H]2C(=O)N(c3ccccc3Cl)C(=O)[C@H]12)c1ccccc1. The van der Waals surface area contributed by atoms with Gasteiger partial charge < -0.3 is 0 Å². The Bertz CT molecular complexity index is 1230. The van der Waals surface area contributed by atoms with Crippen LogP contribution in [0.15, 0.2) is 90.0 Å². The van der Waals surface area contributed by atoms with Crippen molar-refractivity contribution in [2.24, 2.45) is 11.0 Å². The second kappa shape index (κ2) is 7.49. The van der Waals surface area contributed by atoms with Crippen molar-refractivity contribution in [1.82, 2.24) is 0 Å².